The Balaban J connectivity index is 1.48. The number of methoxy groups -OCH3 is 1. The Bertz CT molecular complexity index is 1650. The molecule has 240 valence electrons. The number of hydrogen-bond acceptors (Lipinski definition) is 7. The van der Waals surface area contributed by atoms with Crippen LogP contribution in [-0.2, 0) is 11.3 Å². The van der Waals surface area contributed by atoms with Gasteiger partial charge in [0.1, 0.15) is 17.2 Å². The predicted octanol–water partition coefficient (Wildman–Crippen LogP) is 5.19. The Morgan fingerprint density at radius 2 is 1.80 bits per heavy atom. The van der Waals surface area contributed by atoms with Crippen LogP contribution in [0.2, 0.25) is 5.02 Å². The van der Waals surface area contributed by atoms with Gasteiger partial charge < -0.3 is 30.2 Å². The summed E-state index contributed by atoms with van der Waals surface area (Å²) in [5.41, 5.74) is 1.44. The van der Waals surface area contributed by atoms with Gasteiger partial charge in [-0.2, -0.15) is 0 Å². The molecule has 0 bridgehead atoms. The van der Waals surface area contributed by atoms with Gasteiger partial charge in [0.05, 0.1) is 19.2 Å². The number of nitrogens with zero attached hydrogens (tertiary/aromatic N) is 3. The van der Waals surface area contributed by atoms with Crippen LogP contribution in [0.4, 0.5) is 20.4 Å². The fourth-order valence-corrected chi connectivity index (χ4v) is 5.29. The van der Waals surface area contributed by atoms with Crippen molar-refractivity contribution in [3.05, 3.63) is 74.7 Å². The number of benzene rings is 1. The van der Waals surface area contributed by atoms with Crippen LogP contribution < -0.4 is 21.5 Å². The quantitative estimate of drug-likeness (QED) is 0.249. The topological polar surface area (TPSA) is 118 Å². The molecule has 3 heterocycles. The normalized spacial score (nSPS) is 16.3. The summed E-state index contributed by atoms with van der Waals surface area (Å²) >= 11 is 6.22. The number of amides is 2. The number of likely N-dealkylation sites (tertiary alicyclic amines) is 1. The molecule has 2 fully saturated rings. The van der Waals surface area contributed by atoms with Crippen molar-refractivity contribution in [1.82, 2.24) is 19.8 Å². The van der Waals surface area contributed by atoms with E-state index < -0.39 is 36.4 Å². The predicted molar refractivity (Wildman–Crippen MR) is 169 cm³/mol. The number of pyridine rings is 2. The van der Waals surface area contributed by atoms with Crippen molar-refractivity contribution in [3.8, 4) is 11.1 Å². The van der Waals surface area contributed by atoms with Gasteiger partial charge in [0.25, 0.3) is 23.3 Å². The molecular formula is C32H37ClF2N6O4. The molecule has 2 amide bonds. The number of rotatable bonds is 12. The molecule has 13 heteroatoms. The Hall–Kier alpha value is -3.87. The maximum Gasteiger partial charge on any atom is 0.282 e. The molecule has 45 heavy (non-hydrogen) atoms. The second-order valence-electron chi connectivity index (χ2n) is 12.0. The number of halogens is 3. The summed E-state index contributed by atoms with van der Waals surface area (Å²) in [7, 11) is 1.63. The highest BCUT2D eigenvalue weighted by atomic mass is 35.5. The van der Waals surface area contributed by atoms with Crippen molar-refractivity contribution in [3.63, 3.8) is 0 Å². The first-order valence-electron chi connectivity index (χ1n) is 14.9. The lowest BCUT2D eigenvalue weighted by Crippen LogP contribution is -2.58. The molecular weight excluding hydrogens is 606 g/mol. The number of carbonyl (C=O) groups excluding carboxylic acids is 2. The molecule has 1 saturated carbocycles. The average Bonchev–Trinajstić information content (AvgIpc) is 3.81. The second-order valence-corrected chi connectivity index (χ2v) is 12.4. The third-order valence-electron chi connectivity index (χ3n) is 7.61. The summed E-state index contributed by atoms with van der Waals surface area (Å²) in [5, 5.41) is 9.54. The Labute approximate surface area is 265 Å². The van der Waals surface area contributed by atoms with Crippen LogP contribution in [-0.4, -0.2) is 71.1 Å². The van der Waals surface area contributed by atoms with Gasteiger partial charge in [-0.15, -0.1) is 0 Å². The molecule has 0 radical (unpaired) electrons. The zero-order valence-electron chi connectivity index (χ0n) is 25.6. The summed E-state index contributed by atoms with van der Waals surface area (Å²) in [5.74, 6) is -3.59. The van der Waals surface area contributed by atoms with Crippen LogP contribution in [0.1, 0.15) is 65.9 Å². The molecule has 1 aliphatic carbocycles. The standard InChI is InChI=1S/C32H37ClF2N6O4/c1-18(2)37-27-10-21(24-8-5-22(33)12-25(24)30(43)40-16-32(34,35)17-40)11-28(38-27)39-29(42)26-9-20(14-36-13-19(3)45-4)15-41(31(26)44)23-6-7-23/h5,8-12,15,18-19,23,36H,6-7,13-14,16-17H2,1-4H3,(H2,37,38,39,42)/t19-/m0/s1. The molecule has 1 atom stereocenters. The van der Waals surface area contributed by atoms with Crippen molar-refractivity contribution in [2.75, 3.05) is 37.4 Å². The highest BCUT2D eigenvalue weighted by molar-refractivity contribution is 6.31. The monoisotopic (exact) mass is 642 g/mol. The van der Waals surface area contributed by atoms with Gasteiger partial charge in [0.15, 0.2) is 0 Å². The maximum absolute atomic E-state index is 13.6. The van der Waals surface area contributed by atoms with Gasteiger partial charge in [-0.3, -0.25) is 14.4 Å². The lowest BCUT2D eigenvalue weighted by molar-refractivity contribution is -0.113. The lowest BCUT2D eigenvalue weighted by atomic mass is 9.97. The number of carbonyl (C=O) groups is 2. The van der Waals surface area contributed by atoms with Gasteiger partial charge in [-0.25, -0.2) is 13.8 Å². The number of anilines is 2. The molecule has 10 nitrogen and oxygen atoms in total. The van der Waals surface area contributed by atoms with Gasteiger partial charge in [-0.1, -0.05) is 17.7 Å². The summed E-state index contributed by atoms with van der Waals surface area (Å²) in [6.45, 7) is 5.46. The maximum atomic E-state index is 13.6. The third kappa shape index (κ3) is 7.86. The molecule has 3 aromatic rings. The summed E-state index contributed by atoms with van der Waals surface area (Å²) in [4.78, 5) is 45.9. The first-order valence-corrected chi connectivity index (χ1v) is 15.3. The molecule has 1 aliphatic heterocycles. The van der Waals surface area contributed by atoms with Crippen molar-refractivity contribution in [2.45, 2.75) is 64.3 Å². The van der Waals surface area contributed by atoms with E-state index in [9.17, 15) is 23.2 Å². The first-order chi connectivity index (χ1) is 21.3. The van der Waals surface area contributed by atoms with Crippen molar-refractivity contribution in [1.29, 1.82) is 0 Å². The van der Waals surface area contributed by atoms with Crippen LogP contribution in [0.15, 0.2) is 47.4 Å². The Kier molecular flexibility index (Phi) is 9.57. The summed E-state index contributed by atoms with van der Waals surface area (Å²) in [6, 6.07) is 9.55. The molecule has 3 N–H and O–H groups in total. The van der Waals surface area contributed by atoms with Gasteiger partial charge >= 0.3 is 0 Å². The fraction of sp³-hybridized carbons (Fsp3) is 0.438. The zero-order chi connectivity index (χ0) is 32.5. The summed E-state index contributed by atoms with van der Waals surface area (Å²) in [6.07, 6.45) is 3.52. The van der Waals surface area contributed by atoms with Crippen molar-refractivity contribution >= 4 is 35.1 Å². The average molecular weight is 643 g/mol. The first kappa shape index (κ1) is 32.5. The number of hydrogen-bond donors (Lipinski definition) is 3. The number of alkyl halides is 2. The molecule has 2 aromatic heterocycles. The number of nitrogens with one attached hydrogen (secondary N) is 3. The molecule has 1 aromatic carbocycles. The fourth-order valence-electron chi connectivity index (χ4n) is 5.12. The Morgan fingerprint density at radius 3 is 2.44 bits per heavy atom. The van der Waals surface area contributed by atoms with Gasteiger partial charge in [-0.05, 0) is 80.6 Å². The van der Waals surface area contributed by atoms with E-state index in [-0.39, 0.29) is 40.2 Å². The largest absolute Gasteiger partial charge is 0.380 e. The molecule has 1 saturated heterocycles. The van der Waals surface area contributed by atoms with Gasteiger partial charge in [0, 0.05) is 49.1 Å². The van der Waals surface area contributed by atoms with E-state index in [0.29, 0.717) is 30.0 Å². The van der Waals surface area contributed by atoms with Crippen LogP contribution in [0.5, 0.6) is 0 Å². The molecule has 2 aliphatic rings. The van der Waals surface area contributed by atoms with E-state index in [1.807, 2.05) is 20.8 Å². The highest BCUT2D eigenvalue weighted by Crippen LogP contribution is 2.35. The number of aromatic nitrogens is 2. The minimum atomic E-state index is -2.93. The third-order valence-corrected chi connectivity index (χ3v) is 7.84. The van der Waals surface area contributed by atoms with Gasteiger partial charge in [0.2, 0.25) is 0 Å². The van der Waals surface area contributed by atoms with E-state index in [0.717, 1.165) is 23.3 Å². The van der Waals surface area contributed by atoms with Crippen LogP contribution in [0, 0.1) is 0 Å². The highest BCUT2D eigenvalue weighted by Gasteiger charge is 2.46. The van der Waals surface area contributed by atoms with E-state index in [4.69, 9.17) is 16.3 Å². The minimum absolute atomic E-state index is 0.00241. The SMILES string of the molecule is CO[C@@H](C)CNCc1cc(C(=O)Nc2cc(-c3ccc(Cl)cc3C(=O)N3CC(F)(F)C3)cc(NC(C)C)n2)c(=O)n(C2CC2)c1. The van der Waals surface area contributed by atoms with Crippen molar-refractivity contribution < 1.29 is 23.1 Å². The number of ether oxygens (including phenoxy) is 1. The zero-order valence-corrected chi connectivity index (χ0v) is 26.4. The van der Waals surface area contributed by atoms with Crippen LogP contribution in [0.3, 0.4) is 0 Å². The molecule has 0 unspecified atom stereocenters. The lowest BCUT2D eigenvalue weighted by Gasteiger charge is -2.39. The van der Waals surface area contributed by atoms with Crippen LogP contribution in [0.25, 0.3) is 11.1 Å². The molecule has 0 spiro atoms. The van der Waals surface area contributed by atoms with E-state index >= 15 is 0 Å². The van der Waals surface area contributed by atoms with Crippen LogP contribution >= 0.6 is 11.6 Å². The Morgan fingerprint density at radius 1 is 1.09 bits per heavy atom. The second kappa shape index (κ2) is 13.2. The summed E-state index contributed by atoms with van der Waals surface area (Å²) < 4.78 is 34.1. The minimum Gasteiger partial charge on any atom is -0.380 e. The van der Waals surface area contributed by atoms with E-state index in [2.05, 4.69) is 20.9 Å². The smallest absolute Gasteiger partial charge is 0.282 e. The molecule has 5 rings (SSSR count). The van der Waals surface area contributed by atoms with E-state index in [1.165, 1.54) is 6.07 Å². The van der Waals surface area contributed by atoms with Crippen molar-refractivity contribution in [2.24, 2.45) is 0 Å². The van der Waals surface area contributed by atoms with E-state index in [1.54, 1.807) is 48.2 Å².